The fourth-order valence-corrected chi connectivity index (χ4v) is 2.47. The smallest absolute Gasteiger partial charge is 0.113 e. The number of aryl methyl sites for hydroxylation is 2. The Bertz CT molecular complexity index is 453. The lowest BCUT2D eigenvalue weighted by molar-refractivity contribution is 0.777. The van der Waals surface area contributed by atoms with Gasteiger partial charge in [-0.25, -0.2) is 9.97 Å². The van der Waals surface area contributed by atoms with Crippen LogP contribution in [0.1, 0.15) is 21.3 Å². The Kier molecular flexibility index (Phi) is 3.36. The molecule has 0 saturated heterocycles. The number of rotatable bonds is 4. The minimum absolute atomic E-state index is 0.808. The molecule has 0 aromatic carbocycles. The quantitative estimate of drug-likeness (QED) is 0.879. The first-order valence-corrected chi connectivity index (χ1v) is 6.09. The first-order chi connectivity index (χ1) is 7.69. The highest BCUT2D eigenvalue weighted by Crippen LogP contribution is 2.17. The molecule has 2 heterocycles. The number of hydrogen-bond donors (Lipinski definition) is 1. The van der Waals surface area contributed by atoms with Crippen LogP contribution in [-0.2, 0) is 13.1 Å². The zero-order valence-corrected chi connectivity index (χ0v) is 10.6. The number of hydrogen-bond acceptors (Lipinski definition) is 4. The molecule has 0 aliphatic heterocycles. The van der Waals surface area contributed by atoms with Crippen molar-refractivity contribution in [3.63, 3.8) is 0 Å². The second kappa shape index (κ2) is 4.76. The van der Waals surface area contributed by atoms with E-state index in [-0.39, 0.29) is 0 Å². The molecule has 0 fully saturated rings. The summed E-state index contributed by atoms with van der Waals surface area (Å²) in [6.45, 7) is 5.78. The molecule has 2 aromatic rings. The summed E-state index contributed by atoms with van der Waals surface area (Å²) in [6.07, 6.45) is 3.92. The number of thiazole rings is 1. The van der Waals surface area contributed by atoms with E-state index < -0.39 is 0 Å². The van der Waals surface area contributed by atoms with Gasteiger partial charge in [-0.3, -0.25) is 0 Å². The van der Waals surface area contributed by atoms with Crippen molar-refractivity contribution in [1.82, 2.24) is 19.9 Å². The molecule has 0 saturated carbocycles. The average Bonchev–Trinajstić information content (AvgIpc) is 2.77. The molecule has 2 aromatic heterocycles. The van der Waals surface area contributed by atoms with Gasteiger partial charge in [0.25, 0.3) is 0 Å². The molecule has 0 bridgehead atoms. The standard InChI is InChI=1S/C11H16N4S/c1-8-9(2)16-11(14-8)6-15-5-10(4-12-3)13-7-15/h5,7,12H,4,6H2,1-3H3. The van der Waals surface area contributed by atoms with Crippen molar-refractivity contribution in [3.8, 4) is 0 Å². The molecule has 0 amide bonds. The highest BCUT2D eigenvalue weighted by molar-refractivity contribution is 7.11. The summed E-state index contributed by atoms with van der Waals surface area (Å²) < 4.78 is 2.07. The van der Waals surface area contributed by atoms with Gasteiger partial charge in [0.05, 0.1) is 24.3 Å². The molecular weight excluding hydrogens is 220 g/mol. The molecule has 16 heavy (non-hydrogen) atoms. The zero-order valence-electron chi connectivity index (χ0n) is 9.82. The van der Waals surface area contributed by atoms with Crippen LogP contribution >= 0.6 is 11.3 Å². The first-order valence-electron chi connectivity index (χ1n) is 5.27. The monoisotopic (exact) mass is 236 g/mol. The van der Waals surface area contributed by atoms with E-state index in [1.807, 2.05) is 13.4 Å². The maximum atomic E-state index is 4.52. The Hall–Kier alpha value is -1.20. The lowest BCUT2D eigenvalue weighted by Crippen LogP contribution is -2.05. The van der Waals surface area contributed by atoms with E-state index in [0.29, 0.717) is 0 Å². The Morgan fingerprint density at radius 2 is 2.25 bits per heavy atom. The van der Waals surface area contributed by atoms with E-state index in [2.05, 4.69) is 39.9 Å². The molecule has 2 rings (SSSR count). The minimum atomic E-state index is 0.808. The Morgan fingerprint density at radius 3 is 2.88 bits per heavy atom. The topological polar surface area (TPSA) is 42.7 Å². The predicted molar refractivity (Wildman–Crippen MR) is 65.7 cm³/mol. The van der Waals surface area contributed by atoms with Gasteiger partial charge in [0.1, 0.15) is 5.01 Å². The van der Waals surface area contributed by atoms with Crippen LogP contribution < -0.4 is 5.32 Å². The highest BCUT2D eigenvalue weighted by Gasteiger charge is 2.05. The third-order valence-electron chi connectivity index (χ3n) is 2.44. The van der Waals surface area contributed by atoms with Crippen molar-refractivity contribution in [2.24, 2.45) is 0 Å². The van der Waals surface area contributed by atoms with Crippen LogP contribution in [0.3, 0.4) is 0 Å². The van der Waals surface area contributed by atoms with Crippen LogP contribution in [-0.4, -0.2) is 21.6 Å². The Balaban J connectivity index is 2.08. The summed E-state index contributed by atoms with van der Waals surface area (Å²) in [7, 11) is 1.92. The number of aromatic nitrogens is 3. The van der Waals surface area contributed by atoms with Gasteiger partial charge in [0.15, 0.2) is 0 Å². The normalized spacial score (nSPS) is 10.9. The number of nitrogens with one attached hydrogen (secondary N) is 1. The van der Waals surface area contributed by atoms with Crippen molar-refractivity contribution in [3.05, 3.63) is 33.8 Å². The Labute approximate surface area is 99.4 Å². The molecule has 1 N–H and O–H groups in total. The summed E-state index contributed by atoms with van der Waals surface area (Å²) in [5, 5.41) is 4.23. The van der Waals surface area contributed by atoms with Crippen LogP contribution in [0.25, 0.3) is 0 Å². The van der Waals surface area contributed by atoms with E-state index in [4.69, 9.17) is 0 Å². The highest BCUT2D eigenvalue weighted by atomic mass is 32.1. The maximum absolute atomic E-state index is 4.52. The molecule has 0 atom stereocenters. The lowest BCUT2D eigenvalue weighted by Gasteiger charge is -1.96. The molecule has 0 aliphatic carbocycles. The van der Waals surface area contributed by atoms with Gasteiger partial charge in [0.2, 0.25) is 0 Å². The Morgan fingerprint density at radius 1 is 1.44 bits per heavy atom. The molecule has 0 aliphatic rings. The van der Waals surface area contributed by atoms with E-state index in [1.165, 1.54) is 4.88 Å². The molecule has 5 heteroatoms. The summed E-state index contributed by atoms with van der Waals surface area (Å²) >= 11 is 1.76. The summed E-state index contributed by atoms with van der Waals surface area (Å²) in [6, 6.07) is 0. The van der Waals surface area contributed by atoms with Crippen molar-refractivity contribution < 1.29 is 0 Å². The number of imidazole rings is 1. The van der Waals surface area contributed by atoms with Crippen LogP contribution in [0, 0.1) is 13.8 Å². The summed E-state index contributed by atoms with van der Waals surface area (Å²) in [5.41, 5.74) is 2.20. The van der Waals surface area contributed by atoms with Gasteiger partial charge in [0, 0.05) is 17.6 Å². The van der Waals surface area contributed by atoms with Crippen molar-refractivity contribution in [1.29, 1.82) is 0 Å². The van der Waals surface area contributed by atoms with Crippen molar-refractivity contribution >= 4 is 11.3 Å². The third-order valence-corrected chi connectivity index (χ3v) is 3.49. The van der Waals surface area contributed by atoms with Crippen molar-refractivity contribution in [2.75, 3.05) is 7.05 Å². The van der Waals surface area contributed by atoms with E-state index in [1.54, 1.807) is 11.3 Å². The molecule has 86 valence electrons. The van der Waals surface area contributed by atoms with Crippen LogP contribution in [0.5, 0.6) is 0 Å². The van der Waals surface area contributed by atoms with Crippen LogP contribution in [0.4, 0.5) is 0 Å². The summed E-state index contributed by atoms with van der Waals surface area (Å²) in [5.74, 6) is 0. The summed E-state index contributed by atoms with van der Waals surface area (Å²) in [4.78, 5) is 10.1. The largest absolute Gasteiger partial charge is 0.330 e. The van der Waals surface area contributed by atoms with Crippen molar-refractivity contribution in [2.45, 2.75) is 26.9 Å². The fourth-order valence-electron chi connectivity index (χ4n) is 1.53. The molecule has 0 radical (unpaired) electrons. The second-order valence-corrected chi connectivity index (χ2v) is 5.10. The van der Waals surface area contributed by atoms with Crippen LogP contribution in [0.2, 0.25) is 0 Å². The number of nitrogens with zero attached hydrogens (tertiary/aromatic N) is 3. The van der Waals surface area contributed by atoms with Gasteiger partial charge < -0.3 is 9.88 Å². The SMILES string of the molecule is CNCc1cn(Cc2nc(C)c(C)s2)cn1. The fraction of sp³-hybridized carbons (Fsp3) is 0.455. The third kappa shape index (κ3) is 2.48. The minimum Gasteiger partial charge on any atom is -0.330 e. The maximum Gasteiger partial charge on any atom is 0.113 e. The zero-order chi connectivity index (χ0) is 11.5. The van der Waals surface area contributed by atoms with E-state index in [0.717, 1.165) is 29.5 Å². The van der Waals surface area contributed by atoms with Gasteiger partial charge in [-0.1, -0.05) is 0 Å². The van der Waals surface area contributed by atoms with Gasteiger partial charge in [-0.05, 0) is 20.9 Å². The van der Waals surface area contributed by atoms with Gasteiger partial charge >= 0.3 is 0 Å². The van der Waals surface area contributed by atoms with E-state index in [9.17, 15) is 0 Å². The first kappa shape index (κ1) is 11.3. The second-order valence-electron chi connectivity index (χ2n) is 3.82. The molecule has 4 nitrogen and oxygen atoms in total. The molecule has 0 unspecified atom stereocenters. The molecule has 0 spiro atoms. The molecular formula is C11H16N4S. The average molecular weight is 236 g/mol. The predicted octanol–water partition coefficient (Wildman–Crippen LogP) is 1.72. The lowest BCUT2D eigenvalue weighted by atomic mass is 10.4. The van der Waals surface area contributed by atoms with Gasteiger partial charge in [-0.15, -0.1) is 11.3 Å². The van der Waals surface area contributed by atoms with Gasteiger partial charge in [-0.2, -0.15) is 0 Å². The van der Waals surface area contributed by atoms with E-state index >= 15 is 0 Å². The van der Waals surface area contributed by atoms with Crippen LogP contribution in [0.15, 0.2) is 12.5 Å².